The summed E-state index contributed by atoms with van der Waals surface area (Å²) in [7, 11) is 4.95. The van der Waals surface area contributed by atoms with Crippen molar-refractivity contribution in [1.82, 2.24) is 9.80 Å². The fourth-order valence-corrected chi connectivity index (χ4v) is 5.08. The Labute approximate surface area is 200 Å². The van der Waals surface area contributed by atoms with Crippen molar-refractivity contribution in [1.29, 1.82) is 0 Å². The molecule has 6 nitrogen and oxygen atoms in total. The zero-order chi connectivity index (χ0) is 23.0. The number of thiophene rings is 1. The molecule has 1 saturated heterocycles. The number of fused-ring (bicyclic) bond motifs is 1. The van der Waals surface area contributed by atoms with Crippen molar-refractivity contribution in [2.75, 3.05) is 67.3 Å². The Kier molecular flexibility index (Phi) is 8.45. The maximum Gasteiger partial charge on any atom is 0.203 e. The predicted molar refractivity (Wildman–Crippen MR) is 134 cm³/mol. The Hall–Kier alpha value is -2.32. The fraction of sp³-hybridized carbons (Fsp3) is 0.462. The molecule has 0 amide bonds. The molecule has 0 N–H and O–H groups in total. The Morgan fingerprint density at radius 1 is 0.788 bits per heavy atom. The quantitative estimate of drug-likeness (QED) is 0.389. The van der Waals surface area contributed by atoms with Crippen LogP contribution in [0.15, 0.2) is 41.8 Å². The molecule has 4 rings (SSSR count). The van der Waals surface area contributed by atoms with E-state index >= 15 is 0 Å². The average molecular weight is 471 g/mol. The number of hydrogen-bond acceptors (Lipinski definition) is 7. The van der Waals surface area contributed by atoms with Gasteiger partial charge in [0.2, 0.25) is 5.75 Å². The van der Waals surface area contributed by atoms with Crippen LogP contribution in [-0.4, -0.2) is 77.1 Å². The van der Waals surface area contributed by atoms with Crippen LogP contribution < -0.4 is 14.2 Å². The number of rotatable bonds is 11. The molecule has 3 aromatic rings. The molecule has 0 atom stereocenters. The summed E-state index contributed by atoms with van der Waals surface area (Å²) < 4.78 is 23.7. The molecule has 1 aromatic heterocycles. The molecule has 0 aliphatic carbocycles. The third kappa shape index (κ3) is 6.18. The van der Waals surface area contributed by atoms with Gasteiger partial charge in [-0.25, -0.2) is 0 Å². The first-order chi connectivity index (χ1) is 16.2. The van der Waals surface area contributed by atoms with Gasteiger partial charge in [-0.1, -0.05) is 12.1 Å². The minimum atomic E-state index is 0.639. The maximum absolute atomic E-state index is 5.94. The highest BCUT2D eigenvalue weighted by Gasteiger charge is 2.19. The van der Waals surface area contributed by atoms with Crippen LogP contribution in [0, 0.1) is 0 Å². The summed E-state index contributed by atoms with van der Waals surface area (Å²) in [6, 6.07) is 13.0. The van der Waals surface area contributed by atoms with Crippen molar-refractivity contribution in [3.8, 4) is 17.2 Å². The lowest BCUT2D eigenvalue weighted by atomic mass is 10.1. The summed E-state index contributed by atoms with van der Waals surface area (Å²) in [6.07, 6.45) is 0.967. The maximum atomic E-state index is 5.94. The number of ether oxygens (including phenoxy) is 4. The van der Waals surface area contributed by atoms with Crippen LogP contribution >= 0.6 is 11.3 Å². The van der Waals surface area contributed by atoms with Crippen LogP contribution in [0.5, 0.6) is 17.2 Å². The highest BCUT2D eigenvalue weighted by Crippen LogP contribution is 2.38. The summed E-state index contributed by atoms with van der Waals surface area (Å²) in [5.41, 5.74) is 2.52. The summed E-state index contributed by atoms with van der Waals surface area (Å²) in [5, 5.41) is 3.48. The summed E-state index contributed by atoms with van der Waals surface area (Å²) in [4.78, 5) is 4.96. The fourth-order valence-electron chi connectivity index (χ4n) is 4.31. The first-order valence-corrected chi connectivity index (χ1v) is 12.4. The van der Waals surface area contributed by atoms with E-state index in [1.165, 1.54) is 21.2 Å². The average Bonchev–Trinajstić information content (AvgIpc) is 3.32. The van der Waals surface area contributed by atoms with E-state index in [1.807, 2.05) is 12.1 Å². The lowest BCUT2D eigenvalue weighted by Gasteiger charge is -2.34. The third-order valence-electron chi connectivity index (χ3n) is 6.20. The Morgan fingerprint density at radius 2 is 1.52 bits per heavy atom. The lowest BCUT2D eigenvalue weighted by molar-refractivity contribution is 0.0747. The number of methoxy groups -OCH3 is 3. The molecule has 1 aliphatic rings. The van der Waals surface area contributed by atoms with Gasteiger partial charge in [0.25, 0.3) is 0 Å². The molecule has 1 fully saturated rings. The minimum Gasteiger partial charge on any atom is -0.493 e. The van der Waals surface area contributed by atoms with Crippen LogP contribution in [-0.2, 0) is 17.7 Å². The lowest BCUT2D eigenvalue weighted by Crippen LogP contribution is -2.46. The summed E-state index contributed by atoms with van der Waals surface area (Å²) >= 11 is 1.79. The van der Waals surface area contributed by atoms with Crippen molar-refractivity contribution in [2.24, 2.45) is 0 Å². The second-order valence-corrected chi connectivity index (χ2v) is 9.25. The molecule has 2 aromatic carbocycles. The topological polar surface area (TPSA) is 43.4 Å². The van der Waals surface area contributed by atoms with Gasteiger partial charge in [-0.05, 0) is 52.6 Å². The standard InChI is InChI=1S/C26H34N2O4S/c1-29-23-17-21(18-24(30-2)26(23)31-3)19-28-10-8-27(9-11-28)12-14-32-13-6-20-4-5-25-22(16-20)7-15-33-25/h4-5,7,15-18H,6,8-14,19H2,1-3H3. The van der Waals surface area contributed by atoms with E-state index in [9.17, 15) is 0 Å². The van der Waals surface area contributed by atoms with Crippen LogP contribution in [0.4, 0.5) is 0 Å². The van der Waals surface area contributed by atoms with E-state index in [-0.39, 0.29) is 0 Å². The molecule has 33 heavy (non-hydrogen) atoms. The van der Waals surface area contributed by atoms with Crippen molar-refractivity contribution in [3.05, 3.63) is 52.9 Å². The van der Waals surface area contributed by atoms with Crippen LogP contribution in [0.2, 0.25) is 0 Å². The zero-order valence-electron chi connectivity index (χ0n) is 19.8. The van der Waals surface area contributed by atoms with Crippen LogP contribution in [0.3, 0.4) is 0 Å². The molecule has 7 heteroatoms. The monoisotopic (exact) mass is 470 g/mol. The second kappa shape index (κ2) is 11.7. The van der Waals surface area contributed by atoms with E-state index in [0.29, 0.717) is 17.2 Å². The van der Waals surface area contributed by atoms with Gasteiger partial charge in [-0.3, -0.25) is 9.80 Å². The van der Waals surface area contributed by atoms with Crippen molar-refractivity contribution in [2.45, 2.75) is 13.0 Å². The number of nitrogens with zero attached hydrogens (tertiary/aromatic N) is 2. The van der Waals surface area contributed by atoms with E-state index in [4.69, 9.17) is 18.9 Å². The van der Waals surface area contributed by atoms with Crippen molar-refractivity contribution >= 4 is 21.4 Å². The van der Waals surface area contributed by atoms with Crippen LogP contribution in [0.1, 0.15) is 11.1 Å². The Balaban J connectivity index is 1.16. The second-order valence-electron chi connectivity index (χ2n) is 8.31. The molecule has 0 unspecified atom stereocenters. The number of hydrogen-bond donors (Lipinski definition) is 0. The molecule has 0 saturated carbocycles. The van der Waals surface area contributed by atoms with Gasteiger partial charge in [0.15, 0.2) is 11.5 Å². The number of piperazine rings is 1. The van der Waals surface area contributed by atoms with Gasteiger partial charge < -0.3 is 18.9 Å². The molecular weight excluding hydrogens is 436 g/mol. The van der Waals surface area contributed by atoms with E-state index in [2.05, 4.69) is 39.4 Å². The van der Waals surface area contributed by atoms with E-state index in [0.717, 1.165) is 58.9 Å². The third-order valence-corrected chi connectivity index (χ3v) is 7.10. The van der Waals surface area contributed by atoms with Crippen molar-refractivity contribution < 1.29 is 18.9 Å². The predicted octanol–water partition coefficient (Wildman–Crippen LogP) is 4.30. The van der Waals surface area contributed by atoms with Gasteiger partial charge in [0.1, 0.15) is 0 Å². The van der Waals surface area contributed by atoms with E-state index < -0.39 is 0 Å². The summed E-state index contributed by atoms with van der Waals surface area (Å²) in [5.74, 6) is 2.05. The minimum absolute atomic E-state index is 0.639. The van der Waals surface area contributed by atoms with Gasteiger partial charge in [0.05, 0.1) is 34.5 Å². The molecule has 0 spiro atoms. The first-order valence-electron chi connectivity index (χ1n) is 11.5. The Morgan fingerprint density at radius 3 is 2.21 bits per heavy atom. The highest BCUT2D eigenvalue weighted by atomic mass is 32.1. The highest BCUT2D eigenvalue weighted by molar-refractivity contribution is 7.17. The van der Waals surface area contributed by atoms with E-state index in [1.54, 1.807) is 32.7 Å². The van der Waals surface area contributed by atoms with Gasteiger partial charge in [0, 0.05) is 44.0 Å². The smallest absolute Gasteiger partial charge is 0.203 e. The normalized spacial score (nSPS) is 15.1. The molecule has 2 heterocycles. The number of benzene rings is 2. The summed E-state index contributed by atoms with van der Waals surface area (Å²) in [6.45, 7) is 7.61. The molecule has 0 radical (unpaired) electrons. The van der Waals surface area contributed by atoms with Crippen molar-refractivity contribution in [3.63, 3.8) is 0 Å². The largest absolute Gasteiger partial charge is 0.493 e. The molecule has 178 valence electrons. The molecule has 1 aliphatic heterocycles. The van der Waals surface area contributed by atoms with Crippen LogP contribution in [0.25, 0.3) is 10.1 Å². The molecular formula is C26H34N2O4S. The molecule has 0 bridgehead atoms. The Bertz CT molecular complexity index is 1010. The van der Waals surface area contributed by atoms with Gasteiger partial charge in [-0.2, -0.15) is 0 Å². The van der Waals surface area contributed by atoms with Gasteiger partial charge >= 0.3 is 0 Å². The SMILES string of the molecule is COc1cc(CN2CCN(CCOCCc3ccc4sccc4c3)CC2)cc(OC)c1OC. The first kappa shape index (κ1) is 23.8. The zero-order valence-corrected chi connectivity index (χ0v) is 20.7. The van der Waals surface area contributed by atoms with Gasteiger partial charge in [-0.15, -0.1) is 11.3 Å².